The van der Waals surface area contributed by atoms with Crippen LogP contribution in [0.15, 0.2) is 41.8 Å². The monoisotopic (exact) mass is 357 g/mol. The van der Waals surface area contributed by atoms with E-state index in [0.717, 1.165) is 6.54 Å². The summed E-state index contributed by atoms with van der Waals surface area (Å²) in [5.41, 5.74) is 2.52. The maximum Gasteiger partial charge on any atom is 0.275 e. The van der Waals surface area contributed by atoms with E-state index < -0.39 is 0 Å². The quantitative estimate of drug-likeness (QED) is 0.784. The van der Waals surface area contributed by atoms with Crippen LogP contribution in [0, 0.1) is 12.8 Å². The fourth-order valence-corrected chi connectivity index (χ4v) is 4.46. The molecule has 25 heavy (non-hydrogen) atoms. The first-order chi connectivity index (χ1) is 12.2. The van der Waals surface area contributed by atoms with Crippen molar-refractivity contribution in [1.82, 2.24) is 5.32 Å². The van der Waals surface area contributed by atoms with E-state index in [4.69, 9.17) is 0 Å². The molecular formula is C21H29N2OS+. The Hall–Kier alpha value is -1.65. The molecule has 0 saturated heterocycles. The van der Waals surface area contributed by atoms with E-state index in [1.807, 2.05) is 0 Å². The summed E-state index contributed by atoms with van der Waals surface area (Å²) in [7, 11) is 0. The minimum atomic E-state index is 0.152. The topological polar surface area (TPSA) is 45.7 Å². The molecule has 1 atom stereocenters. The van der Waals surface area contributed by atoms with Crippen LogP contribution in [-0.4, -0.2) is 19.0 Å². The highest BCUT2D eigenvalue weighted by Gasteiger charge is 2.20. The van der Waals surface area contributed by atoms with Crippen LogP contribution in [0.2, 0.25) is 0 Å². The molecule has 1 amide bonds. The first-order valence-corrected chi connectivity index (χ1v) is 10.3. The number of benzene rings is 1. The fourth-order valence-electron chi connectivity index (χ4n) is 3.61. The summed E-state index contributed by atoms with van der Waals surface area (Å²) in [6.45, 7) is 3.43. The van der Waals surface area contributed by atoms with Crippen LogP contribution in [0.5, 0.6) is 0 Å². The number of nitrogens with one attached hydrogen (secondary N) is 1. The average molecular weight is 358 g/mol. The van der Waals surface area contributed by atoms with Crippen LogP contribution in [0.3, 0.4) is 0 Å². The molecule has 0 bridgehead atoms. The van der Waals surface area contributed by atoms with Crippen molar-refractivity contribution < 1.29 is 10.1 Å². The van der Waals surface area contributed by atoms with Gasteiger partial charge in [0.15, 0.2) is 6.54 Å². The first kappa shape index (κ1) is 18.2. The summed E-state index contributed by atoms with van der Waals surface area (Å²) in [5, 5.41) is 7.41. The lowest BCUT2D eigenvalue weighted by molar-refractivity contribution is -0.676. The Bertz CT molecular complexity index is 645. The predicted octanol–water partition coefficient (Wildman–Crippen LogP) is 3.41. The van der Waals surface area contributed by atoms with Crippen LogP contribution in [0.25, 0.3) is 0 Å². The third-order valence-corrected chi connectivity index (χ3v) is 6.09. The molecule has 0 radical (unpaired) electrons. The van der Waals surface area contributed by atoms with Gasteiger partial charge in [-0.25, -0.2) is 0 Å². The third kappa shape index (κ3) is 5.41. The Kier molecular flexibility index (Phi) is 6.65. The van der Waals surface area contributed by atoms with E-state index in [1.54, 1.807) is 11.3 Å². The van der Waals surface area contributed by atoms with Gasteiger partial charge in [-0.2, -0.15) is 0 Å². The van der Waals surface area contributed by atoms with Crippen LogP contribution in [-0.2, 0) is 4.79 Å². The van der Waals surface area contributed by atoms with Gasteiger partial charge in [0.2, 0.25) is 0 Å². The van der Waals surface area contributed by atoms with Crippen molar-refractivity contribution in [2.75, 3.05) is 13.1 Å². The van der Waals surface area contributed by atoms with Crippen LogP contribution in [0.4, 0.5) is 0 Å². The molecule has 1 heterocycles. The van der Waals surface area contributed by atoms with Crippen molar-refractivity contribution >= 4 is 17.2 Å². The zero-order chi connectivity index (χ0) is 17.5. The van der Waals surface area contributed by atoms with Gasteiger partial charge in [0.05, 0.1) is 4.88 Å². The Morgan fingerprint density at radius 1 is 1.20 bits per heavy atom. The lowest BCUT2D eigenvalue weighted by Crippen LogP contribution is -2.87. The molecule has 1 saturated carbocycles. The minimum Gasteiger partial charge on any atom is -0.351 e. The van der Waals surface area contributed by atoms with Gasteiger partial charge in [0, 0.05) is 12.1 Å². The lowest BCUT2D eigenvalue weighted by Gasteiger charge is -2.21. The molecular weight excluding hydrogens is 328 g/mol. The SMILES string of the molecule is Cc1ccc([C@H]([NH2+]CC(=O)NCC2CCCCC2)c2cccs2)cc1. The van der Waals surface area contributed by atoms with Crippen LogP contribution >= 0.6 is 11.3 Å². The molecule has 2 aromatic rings. The second-order valence-electron chi connectivity index (χ2n) is 7.15. The zero-order valence-electron chi connectivity index (χ0n) is 15.0. The number of amides is 1. The summed E-state index contributed by atoms with van der Waals surface area (Å²) in [6, 6.07) is 13.1. The van der Waals surface area contributed by atoms with Gasteiger partial charge < -0.3 is 10.6 Å². The van der Waals surface area contributed by atoms with E-state index in [0.29, 0.717) is 12.5 Å². The Morgan fingerprint density at radius 3 is 2.64 bits per heavy atom. The number of thiophene rings is 1. The third-order valence-electron chi connectivity index (χ3n) is 5.14. The molecule has 1 aromatic carbocycles. The smallest absolute Gasteiger partial charge is 0.275 e. The summed E-state index contributed by atoms with van der Waals surface area (Å²) >= 11 is 1.75. The summed E-state index contributed by atoms with van der Waals surface area (Å²) in [6.07, 6.45) is 6.54. The van der Waals surface area contributed by atoms with Crippen molar-refractivity contribution in [2.45, 2.75) is 45.1 Å². The molecule has 4 heteroatoms. The van der Waals surface area contributed by atoms with Crippen molar-refractivity contribution in [1.29, 1.82) is 0 Å². The van der Waals surface area contributed by atoms with Gasteiger partial charge in [-0.05, 0) is 37.1 Å². The van der Waals surface area contributed by atoms with Crippen LogP contribution in [0.1, 0.15) is 54.1 Å². The molecule has 3 rings (SSSR count). The second kappa shape index (κ2) is 9.16. The highest BCUT2D eigenvalue weighted by atomic mass is 32.1. The van der Waals surface area contributed by atoms with Crippen molar-refractivity contribution in [2.24, 2.45) is 5.92 Å². The average Bonchev–Trinajstić information content (AvgIpc) is 3.17. The molecule has 134 valence electrons. The number of nitrogens with two attached hydrogens (primary N) is 1. The van der Waals surface area contributed by atoms with Crippen molar-refractivity contribution in [3.8, 4) is 0 Å². The maximum absolute atomic E-state index is 12.3. The number of quaternary nitrogens is 1. The van der Waals surface area contributed by atoms with Crippen molar-refractivity contribution in [3.05, 3.63) is 57.8 Å². The summed E-state index contributed by atoms with van der Waals surface area (Å²) in [5.74, 6) is 0.835. The number of rotatable bonds is 7. The van der Waals surface area contributed by atoms with Gasteiger partial charge in [0.1, 0.15) is 6.04 Å². The van der Waals surface area contributed by atoms with E-state index in [1.165, 1.54) is 48.1 Å². The molecule has 3 N–H and O–H groups in total. The van der Waals surface area contributed by atoms with E-state index in [2.05, 4.69) is 59.3 Å². The van der Waals surface area contributed by atoms with E-state index in [-0.39, 0.29) is 11.9 Å². The summed E-state index contributed by atoms with van der Waals surface area (Å²) < 4.78 is 0. The molecule has 3 nitrogen and oxygen atoms in total. The van der Waals surface area contributed by atoms with E-state index in [9.17, 15) is 4.79 Å². The minimum absolute atomic E-state index is 0.152. The van der Waals surface area contributed by atoms with Crippen LogP contribution < -0.4 is 10.6 Å². The highest BCUT2D eigenvalue weighted by Crippen LogP contribution is 2.23. The van der Waals surface area contributed by atoms with Gasteiger partial charge in [-0.15, -0.1) is 11.3 Å². The zero-order valence-corrected chi connectivity index (χ0v) is 15.9. The number of carbonyl (C=O) groups is 1. The second-order valence-corrected chi connectivity index (χ2v) is 8.13. The number of aryl methyl sites for hydroxylation is 1. The molecule has 1 aromatic heterocycles. The number of hydrogen-bond acceptors (Lipinski definition) is 2. The molecule has 0 unspecified atom stereocenters. The Labute approximate surface area is 154 Å². The first-order valence-electron chi connectivity index (χ1n) is 9.42. The van der Waals surface area contributed by atoms with E-state index >= 15 is 0 Å². The maximum atomic E-state index is 12.3. The molecule has 1 fully saturated rings. The van der Waals surface area contributed by atoms with Gasteiger partial charge in [-0.3, -0.25) is 4.79 Å². The standard InChI is InChI=1S/C21H28N2OS/c1-16-9-11-18(12-10-16)21(19-8-5-13-25-19)23-15-20(24)22-14-17-6-3-2-4-7-17/h5,8-13,17,21,23H,2-4,6-7,14-15H2,1H3,(H,22,24)/p+1/t21-/m0/s1. The Balaban J connectivity index is 1.55. The van der Waals surface area contributed by atoms with Gasteiger partial charge in [0.25, 0.3) is 5.91 Å². The lowest BCUT2D eigenvalue weighted by atomic mass is 9.89. The number of carbonyl (C=O) groups excluding carboxylic acids is 1. The molecule has 0 spiro atoms. The molecule has 0 aliphatic heterocycles. The largest absolute Gasteiger partial charge is 0.351 e. The predicted molar refractivity (Wildman–Crippen MR) is 104 cm³/mol. The summed E-state index contributed by atoms with van der Waals surface area (Å²) in [4.78, 5) is 13.6. The molecule has 1 aliphatic rings. The van der Waals surface area contributed by atoms with Crippen molar-refractivity contribution in [3.63, 3.8) is 0 Å². The number of hydrogen-bond donors (Lipinski definition) is 2. The Morgan fingerprint density at radius 2 is 1.96 bits per heavy atom. The normalized spacial score (nSPS) is 16.5. The molecule has 1 aliphatic carbocycles. The van der Waals surface area contributed by atoms with Gasteiger partial charge >= 0.3 is 0 Å². The highest BCUT2D eigenvalue weighted by molar-refractivity contribution is 7.10. The fraction of sp³-hybridized carbons (Fsp3) is 0.476. The van der Waals surface area contributed by atoms with Gasteiger partial charge in [-0.1, -0.05) is 55.2 Å².